The van der Waals surface area contributed by atoms with E-state index in [0.29, 0.717) is 0 Å². The van der Waals surface area contributed by atoms with Crippen LogP contribution in [0.3, 0.4) is 0 Å². The van der Waals surface area contributed by atoms with Crippen LogP contribution in [0, 0.1) is 5.92 Å². The van der Waals surface area contributed by atoms with Crippen LogP contribution in [0.25, 0.3) is 0 Å². The normalized spacial score (nSPS) is 24.7. The predicted octanol–water partition coefficient (Wildman–Crippen LogP) is 5.64. The van der Waals surface area contributed by atoms with Crippen LogP contribution in [0.1, 0.15) is 30.5 Å². The molecule has 33 heavy (non-hydrogen) atoms. The maximum atomic E-state index is 12.4. The van der Waals surface area contributed by atoms with Crippen LogP contribution >= 0.6 is 0 Å². The highest BCUT2D eigenvalue weighted by atomic mass is 16.8. The first-order valence-electron chi connectivity index (χ1n) is 11.5. The number of rotatable bonds is 6. The van der Waals surface area contributed by atoms with Gasteiger partial charge in [0.15, 0.2) is 5.79 Å². The van der Waals surface area contributed by atoms with Gasteiger partial charge < -0.3 is 14.6 Å². The van der Waals surface area contributed by atoms with Gasteiger partial charge in [0.2, 0.25) is 0 Å². The molecule has 3 aromatic rings. The third-order valence-corrected chi connectivity index (χ3v) is 6.91. The van der Waals surface area contributed by atoms with E-state index < -0.39 is 17.3 Å². The number of aliphatic hydroxyl groups is 1. The molecule has 1 aliphatic carbocycles. The van der Waals surface area contributed by atoms with E-state index in [9.17, 15) is 5.11 Å². The molecule has 2 aliphatic rings. The smallest absolute Gasteiger partial charge is 0.164 e. The van der Waals surface area contributed by atoms with Crippen LogP contribution in [-0.4, -0.2) is 29.2 Å². The number of ether oxygens (including phenoxy) is 2. The summed E-state index contributed by atoms with van der Waals surface area (Å²) in [6.45, 7) is 7.87. The zero-order valence-electron chi connectivity index (χ0n) is 19.1. The van der Waals surface area contributed by atoms with Crippen molar-refractivity contribution in [3.8, 4) is 0 Å². The first-order chi connectivity index (χ1) is 16.0. The Morgan fingerprint density at radius 2 is 1.27 bits per heavy atom. The quantitative estimate of drug-likeness (QED) is 0.400. The first kappa shape index (κ1) is 21.8. The summed E-state index contributed by atoms with van der Waals surface area (Å²) in [4.78, 5) is 0. The molecule has 5 rings (SSSR count). The van der Waals surface area contributed by atoms with Crippen LogP contribution in [0.4, 0.5) is 0 Å². The zero-order chi connectivity index (χ0) is 23.1. The van der Waals surface area contributed by atoms with Crippen molar-refractivity contribution in [2.45, 2.75) is 43.4 Å². The Kier molecular flexibility index (Phi) is 5.57. The van der Waals surface area contributed by atoms with E-state index in [4.69, 9.17) is 9.47 Å². The fraction of sp³-hybridized carbons (Fsp3) is 0.267. The van der Waals surface area contributed by atoms with Crippen molar-refractivity contribution in [3.05, 3.63) is 132 Å². The number of fused-ring (bicyclic) bond motifs is 1. The highest BCUT2D eigenvalue weighted by molar-refractivity contribution is 5.55. The van der Waals surface area contributed by atoms with Gasteiger partial charge in [0, 0.05) is 5.92 Å². The van der Waals surface area contributed by atoms with Gasteiger partial charge in [-0.25, -0.2) is 0 Å². The lowest BCUT2D eigenvalue weighted by atomic mass is 9.64. The van der Waals surface area contributed by atoms with Crippen molar-refractivity contribution in [2.24, 2.45) is 5.92 Å². The molecular formula is C30H30O3. The number of benzene rings is 3. The van der Waals surface area contributed by atoms with Crippen LogP contribution in [0.5, 0.6) is 0 Å². The van der Waals surface area contributed by atoms with Crippen molar-refractivity contribution in [1.82, 2.24) is 0 Å². The molecule has 1 aliphatic heterocycles. The second-order valence-corrected chi connectivity index (χ2v) is 9.31. The summed E-state index contributed by atoms with van der Waals surface area (Å²) in [7, 11) is 0. The average Bonchev–Trinajstić information content (AvgIpc) is 3.34. The fourth-order valence-corrected chi connectivity index (χ4v) is 5.52. The third-order valence-electron chi connectivity index (χ3n) is 6.91. The Hall–Kier alpha value is -2.98. The predicted molar refractivity (Wildman–Crippen MR) is 131 cm³/mol. The van der Waals surface area contributed by atoms with Gasteiger partial charge >= 0.3 is 0 Å². The van der Waals surface area contributed by atoms with Crippen molar-refractivity contribution < 1.29 is 14.6 Å². The molecule has 3 nitrogen and oxygen atoms in total. The number of hydrogen-bond acceptors (Lipinski definition) is 3. The number of aliphatic hydroxyl groups excluding tert-OH is 1. The van der Waals surface area contributed by atoms with Gasteiger partial charge in [0.05, 0.1) is 11.5 Å². The summed E-state index contributed by atoms with van der Waals surface area (Å²) < 4.78 is 12.6. The molecule has 1 heterocycles. The molecule has 3 aromatic carbocycles. The van der Waals surface area contributed by atoms with E-state index in [-0.39, 0.29) is 18.1 Å². The maximum absolute atomic E-state index is 12.4. The first-order valence-corrected chi connectivity index (χ1v) is 11.5. The lowest BCUT2D eigenvalue weighted by molar-refractivity contribution is -0.148. The highest BCUT2D eigenvalue weighted by Crippen LogP contribution is 2.50. The van der Waals surface area contributed by atoms with Crippen LogP contribution in [0.2, 0.25) is 0 Å². The lowest BCUT2D eigenvalue weighted by Crippen LogP contribution is -2.45. The van der Waals surface area contributed by atoms with Crippen LogP contribution in [0.15, 0.2) is 115 Å². The molecule has 1 N–H and O–H groups in total. The van der Waals surface area contributed by atoms with E-state index in [2.05, 4.69) is 49.1 Å². The van der Waals surface area contributed by atoms with E-state index in [0.717, 1.165) is 22.3 Å². The zero-order valence-corrected chi connectivity index (χ0v) is 19.1. The molecule has 0 radical (unpaired) electrons. The molecule has 0 spiro atoms. The van der Waals surface area contributed by atoms with Crippen LogP contribution in [-0.2, 0) is 14.9 Å². The third kappa shape index (κ3) is 3.57. The highest BCUT2D eigenvalue weighted by Gasteiger charge is 2.55. The minimum absolute atomic E-state index is 0.0264. The second-order valence-electron chi connectivity index (χ2n) is 9.31. The largest absolute Gasteiger partial charge is 0.387 e. The monoisotopic (exact) mass is 438 g/mol. The summed E-state index contributed by atoms with van der Waals surface area (Å²) >= 11 is 0. The minimum atomic E-state index is -0.875. The van der Waals surface area contributed by atoms with E-state index in [1.165, 1.54) is 0 Å². The summed E-state index contributed by atoms with van der Waals surface area (Å²) in [6.07, 6.45) is 2.57. The molecule has 3 heteroatoms. The van der Waals surface area contributed by atoms with Gasteiger partial charge in [-0.2, -0.15) is 0 Å². The molecule has 0 aromatic heterocycles. The summed E-state index contributed by atoms with van der Waals surface area (Å²) in [6, 6.07) is 30.7. The Bertz CT molecular complexity index is 1040. The fourth-order valence-electron chi connectivity index (χ4n) is 5.52. The van der Waals surface area contributed by atoms with Crippen LogP contribution < -0.4 is 0 Å². The summed E-state index contributed by atoms with van der Waals surface area (Å²) in [5.74, 6) is -0.744. The minimum Gasteiger partial charge on any atom is -0.387 e. The van der Waals surface area contributed by atoms with Crippen molar-refractivity contribution in [3.63, 3.8) is 0 Å². The lowest BCUT2D eigenvalue weighted by Gasteiger charge is -2.41. The van der Waals surface area contributed by atoms with Gasteiger partial charge in [-0.05, 0) is 36.1 Å². The molecule has 1 saturated heterocycles. The SMILES string of the molecule is C=C[C@@H]1C=C(C(O)C(c2ccccc2)(c2ccccc2)c2ccccc2)[C@H]2OC(C)(C)O[C@@H]12. The van der Waals surface area contributed by atoms with Crippen molar-refractivity contribution in [2.75, 3.05) is 0 Å². The molecule has 0 amide bonds. The standard InChI is InChI=1S/C30H30O3/c1-4-21-20-25(27-26(21)32-29(2,3)33-27)28(31)30(22-14-8-5-9-15-22,23-16-10-6-11-17-23)24-18-12-7-13-19-24/h4-21,26-28,31H,1H2,2-3H3/t21-,26+,27-,28?/m1/s1. The van der Waals surface area contributed by atoms with Gasteiger partial charge in [-0.3, -0.25) is 0 Å². The Morgan fingerprint density at radius 3 is 1.70 bits per heavy atom. The summed E-state index contributed by atoms with van der Waals surface area (Å²) in [5, 5.41) is 12.4. The molecular weight excluding hydrogens is 408 g/mol. The molecule has 0 saturated carbocycles. The van der Waals surface area contributed by atoms with Gasteiger partial charge in [0.25, 0.3) is 0 Å². The average molecular weight is 439 g/mol. The Morgan fingerprint density at radius 1 is 0.818 bits per heavy atom. The maximum Gasteiger partial charge on any atom is 0.164 e. The molecule has 4 atom stereocenters. The molecule has 168 valence electrons. The van der Waals surface area contributed by atoms with Gasteiger partial charge in [0.1, 0.15) is 12.2 Å². The van der Waals surface area contributed by atoms with Gasteiger partial charge in [-0.1, -0.05) is 103 Å². The number of hydrogen-bond donors (Lipinski definition) is 1. The molecule has 1 unspecified atom stereocenters. The molecule has 1 fully saturated rings. The van der Waals surface area contributed by atoms with Gasteiger partial charge in [-0.15, -0.1) is 6.58 Å². The van der Waals surface area contributed by atoms with E-state index in [1.54, 1.807) is 0 Å². The van der Waals surface area contributed by atoms with E-state index in [1.807, 2.05) is 74.5 Å². The van der Waals surface area contributed by atoms with Crippen molar-refractivity contribution >= 4 is 0 Å². The second kappa shape index (κ2) is 8.42. The Balaban J connectivity index is 1.76. The van der Waals surface area contributed by atoms with Crippen molar-refractivity contribution in [1.29, 1.82) is 0 Å². The molecule has 0 bridgehead atoms. The topological polar surface area (TPSA) is 38.7 Å². The van der Waals surface area contributed by atoms with E-state index >= 15 is 0 Å². The Labute approximate surface area is 196 Å². The summed E-state index contributed by atoms with van der Waals surface area (Å²) in [5.41, 5.74) is 3.08.